The number of cyclic esters (lactones) is 1. The standard InChI is InChI=1S/C19H23N3O3S/c1-13(20-18(23)21(3)14(2)17-5-4-12-26-17)15-6-8-16(9-7-15)22-10-11-25-19(22)24/h4-9,12-14H,10-11H2,1-3H3,(H,20,23). The normalized spacial score (nSPS) is 16.1. The monoisotopic (exact) mass is 373 g/mol. The van der Waals surface area contributed by atoms with E-state index < -0.39 is 0 Å². The fourth-order valence-electron chi connectivity index (χ4n) is 2.84. The van der Waals surface area contributed by atoms with Crippen molar-refractivity contribution in [2.24, 2.45) is 0 Å². The van der Waals surface area contributed by atoms with Gasteiger partial charge in [-0.05, 0) is 43.0 Å². The Labute approximate surface area is 157 Å². The summed E-state index contributed by atoms with van der Waals surface area (Å²) in [6, 6.07) is 11.4. The van der Waals surface area contributed by atoms with Crippen LogP contribution >= 0.6 is 11.3 Å². The first kappa shape index (κ1) is 18.3. The summed E-state index contributed by atoms with van der Waals surface area (Å²) in [6.07, 6.45) is -0.316. The molecule has 0 aliphatic carbocycles. The first-order chi connectivity index (χ1) is 12.5. The highest BCUT2D eigenvalue weighted by Crippen LogP contribution is 2.25. The van der Waals surface area contributed by atoms with Crippen molar-refractivity contribution in [1.29, 1.82) is 0 Å². The molecule has 0 radical (unpaired) electrons. The van der Waals surface area contributed by atoms with Gasteiger partial charge in [-0.3, -0.25) is 4.90 Å². The van der Waals surface area contributed by atoms with Gasteiger partial charge in [0.05, 0.1) is 18.6 Å². The number of hydrogen-bond donors (Lipinski definition) is 1. The van der Waals surface area contributed by atoms with Gasteiger partial charge < -0.3 is 15.0 Å². The number of amides is 3. The van der Waals surface area contributed by atoms with E-state index in [0.29, 0.717) is 13.2 Å². The molecule has 1 aromatic carbocycles. The Morgan fingerprint density at radius 1 is 1.27 bits per heavy atom. The van der Waals surface area contributed by atoms with Crippen LogP contribution in [0.2, 0.25) is 0 Å². The van der Waals surface area contributed by atoms with E-state index >= 15 is 0 Å². The Hall–Kier alpha value is -2.54. The van der Waals surface area contributed by atoms with Crippen LogP contribution in [0.25, 0.3) is 0 Å². The fourth-order valence-corrected chi connectivity index (χ4v) is 3.66. The number of anilines is 1. The largest absolute Gasteiger partial charge is 0.447 e. The van der Waals surface area contributed by atoms with Crippen LogP contribution in [-0.4, -0.2) is 37.2 Å². The number of benzene rings is 1. The van der Waals surface area contributed by atoms with Gasteiger partial charge in [-0.25, -0.2) is 9.59 Å². The highest BCUT2D eigenvalue weighted by Gasteiger charge is 2.24. The molecule has 6 nitrogen and oxygen atoms in total. The molecule has 1 saturated heterocycles. The molecule has 2 heterocycles. The maximum absolute atomic E-state index is 12.5. The third-order valence-electron chi connectivity index (χ3n) is 4.66. The van der Waals surface area contributed by atoms with Crippen LogP contribution in [0.5, 0.6) is 0 Å². The smallest absolute Gasteiger partial charge is 0.414 e. The van der Waals surface area contributed by atoms with Gasteiger partial charge in [0, 0.05) is 17.6 Å². The van der Waals surface area contributed by atoms with Gasteiger partial charge in [0.1, 0.15) is 6.61 Å². The quantitative estimate of drug-likeness (QED) is 0.856. The van der Waals surface area contributed by atoms with Crippen molar-refractivity contribution in [3.8, 4) is 0 Å². The Morgan fingerprint density at radius 3 is 2.58 bits per heavy atom. The molecule has 7 heteroatoms. The number of carbonyl (C=O) groups is 2. The fraction of sp³-hybridized carbons (Fsp3) is 0.368. The van der Waals surface area contributed by atoms with Crippen LogP contribution in [0.3, 0.4) is 0 Å². The lowest BCUT2D eigenvalue weighted by Crippen LogP contribution is -2.39. The zero-order valence-electron chi connectivity index (χ0n) is 15.1. The summed E-state index contributed by atoms with van der Waals surface area (Å²) in [4.78, 5) is 28.6. The van der Waals surface area contributed by atoms with Crippen LogP contribution in [0.1, 0.15) is 36.4 Å². The van der Waals surface area contributed by atoms with Crippen molar-refractivity contribution in [3.05, 3.63) is 52.2 Å². The molecule has 0 spiro atoms. The SMILES string of the molecule is CC(NC(=O)N(C)C(C)c1cccs1)c1ccc(N2CCOC2=O)cc1. The lowest BCUT2D eigenvalue weighted by Gasteiger charge is -2.26. The minimum Gasteiger partial charge on any atom is -0.447 e. The molecule has 2 aromatic rings. The summed E-state index contributed by atoms with van der Waals surface area (Å²) >= 11 is 1.64. The predicted octanol–water partition coefficient (Wildman–Crippen LogP) is 4.17. The van der Waals surface area contributed by atoms with Crippen LogP contribution in [-0.2, 0) is 4.74 Å². The Morgan fingerprint density at radius 2 is 2.00 bits per heavy atom. The molecule has 3 amide bonds. The molecule has 0 bridgehead atoms. The average Bonchev–Trinajstić information content (AvgIpc) is 3.32. The lowest BCUT2D eigenvalue weighted by atomic mass is 10.1. The number of nitrogens with zero attached hydrogens (tertiary/aromatic N) is 2. The first-order valence-corrected chi connectivity index (χ1v) is 9.46. The van der Waals surface area contributed by atoms with Crippen LogP contribution in [0.15, 0.2) is 41.8 Å². The van der Waals surface area contributed by atoms with Gasteiger partial charge in [-0.1, -0.05) is 18.2 Å². The minimum absolute atomic E-state index is 0.0192. The van der Waals surface area contributed by atoms with Crippen LogP contribution in [0.4, 0.5) is 15.3 Å². The lowest BCUT2D eigenvalue weighted by molar-refractivity contribution is 0.181. The molecule has 26 heavy (non-hydrogen) atoms. The topological polar surface area (TPSA) is 61.9 Å². The summed E-state index contributed by atoms with van der Waals surface area (Å²) in [5, 5.41) is 5.03. The number of hydrogen-bond acceptors (Lipinski definition) is 4. The molecular formula is C19H23N3O3S. The van der Waals surface area contributed by atoms with Gasteiger partial charge >= 0.3 is 12.1 Å². The maximum atomic E-state index is 12.5. The van der Waals surface area contributed by atoms with E-state index in [1.54, 1.807) is 28.2 Å². The highest BCUT2D eigenvalue weighted by atomic mass is 32.1. The first-order valence-electron chi connectivity index (χ1n) is 8.58. The van der Waals surface area contributed by atoms with Crippen molar-refractivity contribution in [2.75, 3.05) is 25.1 Å². The van der Waals surface area contributed by atoms with E-state index in [9.17, 15) is 9.59 Å². The summed E-state index contributed by atoms with van der Waals surface area (Å²) in [6.45, 7) is 4.94. The van der Waals surface area contributed by atoms with Gasteiger partial charge in [0.25, 0.3) is 0 Å². The third kappa shape index (κ3) is 3.83. The molecule has 1 aromatic heterocycles. The second-order valence-electron chi connectivity index (χ2n) is 6.33. The Bertz CT molecular complexity index is 761. The number of urea groups is 1. The summed E-state index contributed by atoms with van der Waals surface area (Å²) in [5.74, 6) is 0. The van der Waals surface area contributed by atoms with Crippen molar-refractivity contribution in [1.82, 2.24) is 10.2 Å². The molecule has 1 aliphatic heterocycles. The molecule has 138 valence electrons. The molecular weight excluding hydrogens is 350 g/mol. The van der Waals surface area contributed by atoms with E-state index in [1.165, 1.54) is 0 Å². The number of nitrogens with one attached hydrogen (secondary N) is 1. The van der Waals surface area contributed by atoms with E-state index in [-0.39, 0.29) is 24.2 Å². The van der Waals surface area contributed by atoms with Gasteiger partial charge in [-0.15, -0.1) is 11.3 Å². The van der Waals surface area contributed by atoms with Crippen LogP contribution < -0.4 is 10.2 Å². The van der Waals surface area contributed by atoms with Gasteiger partial charge in [0.15, 0.2) is 0 Å². The highest BCUT2D eigenvalue weighted by molar-refractivity contribution is 7.10. The number of carbonyl (C=O) groups excluding carboxylic acids is 2. The molecule has 0 saturated carbocycles. The predicted molar refractivity (Wildman–Crippen MR) is 103 cm³/mol. The summed E-state index contributed by atoms with van der Waals surface area (Å²) in [5.41, 5.74) is 1.78. The maximum Gasteiger partial charge on any atom is 0.414 e. The number of rotatable bonds is 5. The van der Waals surface area contributed by atoms with E-state index in [2.05, 4.69) is 5.32 Å². The minimum atomic E-state index is -0.316. The van der Waals surface area contributed by atoms with E-state index in [1.807, 2.05) is 55.6 Å². The summed E-state index contributed by atoms with van der Waals surface area (Å²) < 4.78 is 4.95. The van der Waals surface area contributed by atoms with Gasteiger partial charge in [-0.2, -0.15) is 0 Å². The van der Waals surface area contributed by atoms with Crippen LogP contribution in [0, 0.1) is 0 Å². The molecule has 3 rings (SSSR count). The van der Waals surface area contributed by atoms with Crippen molar-refractivity contribution in [3.63, 3.8) is 0 Å². The Balaban J connectivity index is 1.61. The van der Waals surface area contributed by atoms with Crippen molar-refractivity contribution in [2.45, 2.75) is 25.9 Å². The average molecular weight is 373 g/mol. The number of ether oxygens (including phenoxy) is 1. The zero-order valence-corrected chi connectivity index (χ0v) is 16.0. The van der Waals surface area contributed by atoms with Crippen molar-refractivity contribution >= 4 is 29.1 Å². The molecule has 1 fully saturated rings. The number of thiophene rings is 1. The molecule has 2 atom stereocenters. The van der Waals surface area contributed by atoms with Crippen molar-refractivity contribution < 1.29 is 14.3 Å². The van der Waals surface area contributed by atoms with E-state index in [4.69, 9.17) is 4.74 Å². The third-order valence-corrected chi connectivity index (χ3v) is 5.70. The van der Waals surface area contributed by atoms with E-state index in [0.717, 1.165) is 16.1 Å². The molecule has 2 unspecified atom stereocenters. The summed E-state index contributed by atoms with van der Waals surface area (Å²) in [7, 11) is 1.80. The zero-order chi connectivity index (χ0) is 18.7. The van der Waals surface area contributed by atoms with Gasteiger partial charge in [0.2, 0.25) is 0 Å². The molecule has 1 N–H and O–H groups in total. The Kier molecular flexibility index (Phi) is 5.46. The molecule has 1 aliphatic rings. The second kappa shape index (κ2) is 7.78. The second-order valence-corrected chi connectivity index (χ2v) is 7.31.